The predicted octanol–water partition coefficient (Wildman–Crippen LogP) is 2.81. The number of benzene rings is 1. The minimum absolute atomic E-state index is 0.106. The van der Waals surface area contributed by atoms with E-state index in [2.05, 4.69) is 21.2 Å². The number of ether oxygens (including phenoxy) is 1. The van der Waals surface area contributed by atoms with Crippen LogP contribution >= 0.6 is 15.9 Å². The van der Waals surface area contributed by atoms with Gasteiger partial charge in [0, 0.05) is 4.47 Å². The molecule has 0 saturated heterocycles. The lowest BCUT2D eigenvalue weighted by molar-refractivity contribution is -0.118. The van der Waals surface area contributed by atoms with Crippen molar-refractivity contribution in [2.45, 2.75) is 13.8 Å². The maximum absolute atomic E-state index is 10.9. The fraction of sp³-hybridized carbons (Fsp3) is 0.300. The van der Waals surface area contributed by atoms with Crippen LogP contribution in [0.5, 0.6) is 5.75 Å². The standard InChI is InChI=1S/C8H6BrNO2.C2H6/c9-5-1-2-7-6(3-5)10-8(11)4-12-7;1-2/h1-3H,4H2,(H,10,11);1-2H3. The van der Waals surface area contributed by atoms with Gasteiger partial charge in [-0.3, -0.25) is 4.79 Å². The average molecular weight is 258 g/mol. The van der Waals surface area contributed by atoms with E-state index in [9.17, 15) is 4.79 Å². The maximum Gasteiger partial charge on any atom is 0.262 e. The van der Waals surface area contributed by atoms with Gasteiger partial charge in [0.15, 0.2) is 6.61 Å². The minimum Gasteiger partial charge on any atom is -0.482 e. The Morgan fingerprint density at radius 2 is 2.14 bits per heavy atom. The third-order valence-electron chi connectivity index (χ3n) is 1.57. The summed E-state index contributed by atoms with van der Waals surface area (Å²) in [6.07, 6.45) is 0. The molecule has 0 aromatic heterocycles. The summed E-state index contributed by atoms with van der Waals surface area (Å²) >= 11 is 3.30. The molecule has 0 atom stereocenters. The van der Waals surface area contributed by atoms with Gasteiger partial charge in [-0.25, -0.2) is 0 Å². The number of nitrogens with one attached hydrogen (secondary N) is 1. The molecule has 4 heteroatoms. The fourth-order valence-electron chi connectivity index (χ4n) is 1.06. The predicted molar refractivity (Wildman–Crippen MR) is 59.6 cm³/mol. The van der Waals surface area contributed by atoms with E-state index < -0.39 is 0 Å². The number of anilines is 1. The first-order chi connectivity index (χ1) is 6.75. The van der Waals surface area contributed by atoms with Gasteiger partial charge in [0.1, 0.15) is 5.75 Å². The molecule has 1 aliphatic rings. The smallest absolute Gasteiger partial charge is 0.262 e. The molecule has 0 unspecified atom stereocenters. The third-order valence-corrected chi connectivity index (χ3v) is 2.07. The Bertz CT molecular complexity index is 339. The minimum atomic E-state index is -0.111. The normalized spacial score (nSPS) is 12.9. The van der Waals surface area contributed by atoms with Crippen molar-refractivity contribution >= 4 is 27.5 Å². The van der Waals surface area contributed by atoms with Gasteiger partial charge in [0.25, 0.3) is 5.91 Å². The lowest BCUT2D eigenvalue weighted by atomic mass is 10.2. The maximum atomic E-state index is 10.9. The first-order valence-corrected chi connectivity index (χ1v) is 5.27. The van der Waals surface area contributed by atoms with E-state index in [0.717, 1.165) is 15.9 Å². The van der Waals surface area contributed by atoms with Crippen molar-refractivity contribution in [3.8, 4) is 5.75 Å². The van der Waals surface area contributed by atoms with Crippen LogP contribution in [0.3, 0.4) is 0 Å². The fourth-order valence-corrected chi connectivity index (χ4v) is 1.42. The van der Waals surface area contributed by atoms with Gasteiger partial charge in [-0.05, 0) is 18.2 Å². The quantitative estimate of drug-likeness (QED) is 0.777. The van der Waals surface area contributed by atoms with Crippen molar-refractivity contribution < 1.29 is 9.53 Å². The highest BCUT2D eigenvalue weighted by Crippen LogP contribution is 2.30. The molecule has 1 aromatic carbocycles. The highest BCUT2D eigenvalue weighted by molar-refractivity contribution is 9.10. The van der Waals surface area contributed by atoms with E-state index in [0.29, 0.717) is 0 Å². The Labute approximate surface area is 91.6 Å². The highest BCUT2D eigenvalue weighted by atomic mass is 79.9. The molecule has 1 amide bonds. The SMILES string of the molecule is CC.O=C1COc2ccc(Br)cc2N1. The van der Waals surface area contributed by atoms with Crippen molar-refractivity contribution in [2.24, 2.45) is 0 Å². The van der Waals surface area contributed by atoms with Crippen LogP contribution in [0.1, 0.15) is 13.8 Å². The lowest BCUT2D eigenvalue weighted by Gasteiger charge is -2.17. The van der Waals surface area contributed by atoms with E-state index in [1.807, 2.05) is 32.0 Å². The van der Waals surface area contributed by atoms with Crippen LogP contribution in [0, 0.1) is 0 Å². The third kappa shape index (κ3) is 2.48. The molecular formula is C10H12BrNO2. The Kier molecular flexibility index (Phi) is 3.95. The van der Waals surface area contributed by atoms with Crippen molar-refractivity contribution in [3.63, 3.8) is 0 Å². The van der Waals surface area contributed by atoms with E-state index in [-0.39, 0.29) is 12.5 Å². The Morgan fingerprint density at radius 1 is 1.43 bits per heavy atom. The average Bonchev–Trinajstić information content (AvgIpc) is 2.20. The second-order valence-electron chi connectivity index (χ2n) is 2.48. The topological polar surface area (TPSA) is 38.3 Å². The first-order valence-electron chi connectivity index (χ1n) is 4.48. The summed E-state index contributed by atoms with van der Waals surface area (Å²) < 4.78 is 6.08. The van der Waals surface area contributed by atoms with Gasteiger partial charge in [0.05, 0.1) is 5.69 Å². The molecule has 76 valence electrons. The summed E-state index contributed by atoms with van der Waals surface area (Å²) in [6.45, 7) is 4.11. The number of halogens is 1. The largest absolute Gasteiger partial charge is 0.482 e. The van der Waals surface area contributed by atoms with Crippen LogP contribution in [0.4, 0.5) is 5.69 Å². The van der Waals surface area contributed by atoms with Crippen molar-refractivity contribution in [1.82, 2.24) is 0 Å². The van der Waals surface area contributed by atoms with Crippen LogP contribution in [0.25, 0.3) is 0 Å². The number of hydrogen-bond acceptors (Lipinski definition) is 2. The molecule has 1 aromatic rings. The summed E-state index contributed by atoms with van der Waals surface area (Å²) in [6, 6.07) is 5.50. The van der Waals surface area contributed by atoms with Crippen LogP contribution in [-0.2, 0) is 4.79 Å². The van der Waals surface area contributed by atoms with Crippen molar-refractivity contribution in [2.75, 3.05) is 11.9 Å². The van der Waals surface area contributed by atoms with Crippen molar-refractivity contribution in [1.29, 1.82) is 0 Å². The zero-order chi connectivity index (χ0) is 10.6. The van der Waals surface area contributed by atoms with E-state index >= 15 is 0 Å². The van der Waals surface area contributed by atoms with Gasteiger partial charge in [0.2, 0.25) is 0 Å². The highest BCUT2D eigenvalue weighted by Gasteiger charge is 2.14. The van der Waals surface area contributed by atoms with Gasteiger partial charge < -0.3 is 10.1 Å². The zero-order valence-electron chi connectivity index (χ0n) is 8.13. The van der Waals surface area contributed by atoms with Crippen LogP contribution in [0.15, 0.2) is 22.7 Å². The lowest BCUT2D eigenvalue weighted by Crippen LogP contribution is -2.25. The molecule has 1 heterocycles. The van der Waals surface area contributed by atoms with Crippen LogP contribution in [0.2, 0.25) is 0 Å². The summed E-state index contributed by atoms with van der Waals surface area (Å²) in [5, 5.41) is 2.71. The second-order valence-corrected chi connectivity index (χ2v) is 3.39. The second kappa shape index (κ2) is 5.00. The van der Waals surface area contributed by atoms with E-state index in [1.165, 1.54) is 0 Å². The van der Waals surface area contributed by atoms with E-state index in [4.69, 9.17) is 4.74 Å². The van der Waals surface area contributed by atoms with Gasteiger partial charge in [-0.15, -0.1) is 0 Å². The van der Waals surface area contributed by atoms with Gasteiger partial charge in [-0.1, -0.05) is 29.8 Å². The number of rotatable bonds is 0. The summed E-state index contributed by atoms with van der Waals surface area (Å²) in [7, 11) is 0. The number of fused-ring (bicyclic) bond motifs is 1. The Balaban J connectivity index is 0.000000461. The zero-order valence-corrected chi connectivity index (χ0v) is 9.72. The number of carbonyl (C=O) groups excluding carboxylic acids is 1. The molecule has 0 spiro atoms. The molecule has 2 rings (SSSR count). The van der Waals surface area contributed by atoms with E-state index in [1.54, 1.807) is 0 Å². The summed E-state index contributed by atoms with van der Waals surface area (Å²) in [4.78, 5) is 10.9. The molecule has 0 radical (unpaired) electrons. The molecule has 1 N–H and O–H groups in total. The molecule has 14 heavy (non-hydrogen) atoms. The number of amides is 1. The number of carbonyl (C=O) groups is 1. The van der Waals surface area contributed by atoms with Crippen LogP contribution in [-0.4, -0.2) is 12.5 Å². The Hall–Kier alpha value is -1.03. The summed E-state index contributed by atoms with van der Waals surface area (Å²) in [5.41, 5.74) is 0.723. The molecule has 0 bridgehead atoms. The molecule has 0 saturated carbocycles. The molecule has 0 fully saturated rings. The summed E-state index contributed by atoms with van der Waals surface area (Å²) in [5.74, 6) is 0.610. The Morgan fingerprint density at radius 3 is 2.86 bits per heavy atom. The molecular weight excluding hydrogens is 246 g/mol. The van der Waals surface area contributed by atoms with Crippen molar-refractivity contribution in [3.05, 3.63) is 22.7 Å². The molecule has 3 nitrogen and oxygen atoms in total. The van der Waals surface area contributed by atoms with Gasteiger partial charge >= 0.3 is 0 Å². The number of hydrogen-bond donors (Lipinski definition) is 1. The molecule has 0 aliphatic carbocycles. The van der Waals surface area contributed by atoms with Crippen LogP contribution < -0.4 is 10.1 Å². The van der Waals surface area contributed by atoms with Gasteiger partial charge in [-0.2, -0.15) is 0 Å². The first kappa shape index (κ1) is 11.0. The molecule has 1 aliphatic heterocycles. The monoisotopic (exact) mass is 257 g/mol.